The number of ether oxygens (including phenoxy) is 1. The molecule has 5 N–H and O–H groups in total. The van der Waals surface area contributed by atoms with E-state index in [2.05, 4.69) is 54.3 Å². The number of nitrogens with zero attached hydrogens (tertiary/aromatic N) is 1. The van der Waals surface area contributed by atoms with E-state index in [9.17, 15) is 19.5 Å². The van der Waals surface area contributed by atoms with Gasteiger partial charge >= 0.3 is 17.9 Å². The number of phenolic OH excluding ortho intramolecular Hbond substituents is 1. The average Bonchev–Trinajstić information content (AvgIpc) is 2.92. The number of carboxylic acids is 3. The summed E-state index contributed by atoms with van der Waals surface area (Å²) in [5.41, 5.74) is 2.95. The highest BCUT2D eigenvalue weighted by Crippen LogP contribution is 2.36. The number of rotatable bonds is 13. The van der Waals surface area contributed by atoms with Crippen LogP contribution in [-0.2, 0) is 14.4 Å². The van der Waals surface area contributed by atoms with Crippen LogP contribution in [0.25, 0.3) is 11.1 Å². The number of hydrogen-bond donors (Lipinski definition) is 5. The molecule has 0 aromatic heterocycles. The zero-order chi connectivity index (χ0) is 31.3. The molecule has 0 atom stereocenters. The smallest absolute Gasteiger partial charge is 0.336 e. The van der Waals surface area contributed by atoms with Gasteiger partial charge in [0.1, 0.15) is 18.1 Å². The van der Waals surface area contributed by atoms with E-state index in [1.165, 1.54) is 11.1 Å². The SMILES string of the molecule is CC/C(=C(\c1ccc(OCCN(C)C)cc1)c1cccc(O)c1)c1ccccc1.Cl.O=C(O)CC(O)(CC(=O)O)C(=O)O. The maximum Gasteiger partial charge on any atom is 0.336 e. The lowest BCUT2D eigenvalue weighted by Gasteiger charge is -2.18. The molecule has 0 radical (unpaired) electrons. The Balaban J connectivity index is 0.000000562. The highest BCUT2D eigenvalue weighted by molar-refractivity contribution is 5.98. The van der Waals surface area contributed by atoms with E-state index < -0.39 is 36.4 Å². The summed E-state index contributed by atoms with van der Waals surface area (Å²) < 4.78 is 5.85. The summed E-state index contributed by atoms with van der Waals surface area (Å²) in [6, 6.07) is 26.2. The number of benzene rings is 3. The van der Waals surface area contributed by atoms with Crippen LogP contribution < -0.4 is 4.74 Å². The van der Waals surface area contributed by atoms with Crippen molar-refractivity contribution in [3.8, 4) is 11.5 Å². The Morgan fingerprint density at radius 3 is 1.81 bits per heavy atom. The Labute approximate surface area is 256 Å². The predicted octanol–water partition coefficient (Wildman–Crippen LogP) is 4.88. The van der Waals surface area contributed by atoms with Gasteiger partial charge in [0.25, 0.3) is 0 Å². The lowest BCUT2D eigenvalue weighted by Crippen LogP contribution is -2.42. The molecule has 3 aromatic rings. The molecule has 0 aliphatic rings. The largest absolute Gasteiger partial charge is 0.508 e. The van der Waals surface area contributed by atoms with Gasteiger partial charge in [0.2, 0.25) is 0 Å². The van der Waals surface area contributed by atoms with E-state index in [-0.39, 0.29) is 18.2 Å². The summed E-state index contributed by atoms with van der Waals surface area (Å²) in [6.45, 7) is 3.71. The number of hydrogen-bond acceptors (Lipinski definition) is 7. The Hall–Kier alpha value is -4.38. The molecule has 11 heteroatoms. The summed E-state index contributed by atoms with van der Waals surface area (Å²) >= 11 is 0. The van der Waals surface area contributed by atoms with Crippen LogP contribution >= 0.6 is 12.4 Å². The Morgan fingerprint density at radius 1 is 0.791 bits per heavy atom. The molecule has 3 aromatic carbocycles. The minimum atomic E-state index is -2.74. The first-order valence-corrected chi connectivity index (χ1v) is 13.2. The lowest BCUT2D eigenvalue weighted by molar-refractivity contribution is -0.170. The molecule has 0 spiro atoms. The highest BCUT2D eigenvalue weighted by Gasteiger charge is 2.40. The quantitative estimate of drug-likeness (QED) is 0.167. The third-order valence-corrected chi connectivity index (χ3v) is 6.15. The van der Waals surface area contributed by atoms with Gasteiger partial charge in [-0.3, -0.25) is 9.59 Å². The molecule has 0 unspecified atom stereocenters. The number of likely N-dealkylation sites (N-methyl/N-ethyl adjacent to an activating group) is 1. The molecule has 0 saturated carbocycles. The van der Waals surface area contributed by atoms with E-state index >= 15 is 0 Å². The summed E-state index contributed by atoms with van der Waals surface area (Å²) in [7, 11) is 4.07. The summed E-state index contributed by atoms with van der Waals surface area (Å²) in [4.78, 5) is 32.6. The van der Waals surface area contributed by atoms with Gasteiger partial charge in [-0.15, -0.1) is 12.4 Å². The second-order valence-electron chi connectivity index (χ2n) is 9.78. The van der Waals surface area contributed by atoms with Crippen molar-refractivity contribution in [1.29, 1.82) is 0 Å². The van der Waals surface area contributed by atoms with Gasteiger partial charge < -0.3 is 35.2 Å². The molecular formula is C32H38ClNO9. The Morgan fingerprint density at radius 2 is 1.35 bits per heavy atom. The minimum Gasteiger partial charge on any atom is -0.508 e. The topological polar surface area (TPSA) is 165 Å². The van der Waals surface area contributed by atoms with Gasteiger partial charge in [-0.2, -0.15) is 0 Å². The van der Waals surface area contributed by atoms with Gasteiger partial charge in [-0.25, -0.2) is 4.79 Å². The molecule has 0 amide bonds. The third-order valence-electron chi connectivity index (χ3n) is 6.15. The van der Waals surface area contributed by atoms with Crippen molar-refractivity contribution < 1.29 is 44.7 Å². The average molecular weight is 616 g/mol. The van der Waals surface area contributed by atoms with Crippen molar-refractivity contribution >= 4 is 41.5 Å². The van der Waals surface area contributed by atoms with E-state index in [1.54, 1.807) is 6.07 Å². The van der Waals surface area contributed by atoms with Crippen molar-refractivity contribution in [3.63, 3.8) is 0 Å². The van der Waals surface area contributed by atoms with Gasteiger partial charge in [0, 0.05) is 6.54 Å². The van der Waals surface area contributed by atoms with Crippen LogP contribution in [0.1, 0.15) is 42.9 Å². The zero-order valence-corrected chi connectivity index (χ0v) is 25.1. The van der Waals surface area contributed by atoms with Crippen molar-refractivity contribution in [2.75, 3.05) is 27.2 Å². The number of allylic oxidation sites excluding steroid dienone is 1. The molecule has 43 heavy (non-hydrogen) atoms. The molecule has 0 bridgehead atoms. The van der Waals surface area contributed by atoms with Gasteiger partial charge in [0.05, 0.1) is 12.8 Å². The van der Waals surface area contributed by atoms with Gasteiger partial charge in [0.15, 0.2) is 5.60 Å². The number of carbonyl (C=O) groups is 3. The van der Waals surface area contributed by atoms with Crippen LogP contribution in [0.2, 0.25) is 0 Å². The Kier molecular flexibility index (Phi) is 15.0. The van der Waals surface area contributed by atoms with Crippen LogP contribution in [0.15, 0.2) is 78.9 Å². The number of aliphatic hydroxyl groups is 1. The standard InChI is InChI=1S/C26H29NO2.C6H8O7.ClH/c1-4-25(20-9-6-5-7-10-20)26(22-11-8-12-23(28)19-22)21-13-15-24(16-14-21)29-18-17-27(2)3;7-3(8)1-6(13,5(11)12)2-4(9)10;/h5-16,19,28H,4,17-18H2,1-3H3;13H,1-2H2,(H,7,8)(H,9,10)(H,11,12);1H/b26-25-;;. The van der Waals surface area contributed by atoms with Crippen LogP contribution in [-0.4, -0.2) is 81.2 Å². The van der Waals surface area contributed by atoms with Crippen molar-refractivity contribution in [2.45, 2.75) is 31.8 Å². The number of halogens is 1. The minimum absolute atomic E-state index is 0. The second-order valence-corrected chi connectivity index (χ2v) is 9.78. The fourth-order valence-corrected chi connectivity index (χ4v) is 4.12. The number of carboxylic acid groups (broad SMARTS) is 3. The van der Waals surface area contributed by atoms with Crippen molar-refractivity contribution in [2.24, 2.45) is 0 Å². The summed E-state index contributed by atoms with van der Waals surface area (Å²) in [5.74, 6) is -3.88. The van der Waals surface area contributed by atoms with E-state index in [0.717, 1.165) is 35.4 Å². The van der Waals surface area contributed by atoms with Crippen LogP contribution in [0.4, 0.5) is 0 Å². The monoisotopic (exact) mass is 615 g/mol. The molecule has 0 fully saturated rings. The van der Waals surface area contributed by atoms with Crippen molar-refractivity contribution in [3.05, 3.63) is 95.6 Å². The fourth-order valence-electron chi connectivity index (χ4n) is 4.12. The molecule has 0 aliphatic carbocycles. The molecule has 10 nitrogen and oxygen atoms in total. The first-order chi connectivity index (χ1) is 19.9. The summed E-state index contributed by atoms with van der Waals surface area (Å²) in [5, 5.41) is 43.9. The molecular weight excluding hydrogens is 578 g/mol. The molecule has 3 rings (SSSR count). The molecule has 232 valence electrons. The van der Waals surface area contributed by atoms with Crippen molar-refractivity contribution in [1.82, 2.24) is 4.90 Å². The third kappa shape index (κ3) is 11.8. The predicted molar refractivity (Wildman–Crippen MR) is 166 cm³/mol. The highest BCUT2D eigenvalue weighted by atomic mass is 35.5. The van der Waals surface area contributed by atoms with E-state index in [0.29, 0.717) is 6.61 Å². The van der Waals surface area contributed by atoms with E-state index in [4.69, 9.17) is 25.2 Å². The van der Waals surface area contributed by atoms with E-state index in [1.807, 2.05) is 44.4 Å². The van der Waals surface area contributed by atoms with Crippen LogP contribution in [0, 0.1) is 0 Å². The molecule has 0 aliphatic heterocycles. The first-order valence-electron chi connectivity index (χ1n) is 13.2. The number of aliphatic carboxylic acids is 3. The van der Waals surface area contributed by atoms with Crippen LogP contribution in [0.5, 0.6) is 11.5 Å². The van der Waals surface area contributed by atoms with Crippen LogP contribution in [0.3, 0.4) is 0 Å². The molecule has 0 heterocycles. The fraction of sp³-hybridized carbons (Fsp3) is 0.281. The maximum atomic E-state index is 10.3. The second kappa shape index (κ2) is 17.5. The number of phenols is 1. The Bertz CT molecular complexity index is 1360. The zero-order valence-electron chi connectivity index (χ0n) is 24.3. The number of aromatic hydroxyl groups is 1. The summed E-state index contributed by atoms with van der Waals surface area (Å²) in [6.07, 6.45) is -1.40. The lowest BCUT2D eigenvalue weighted by atomic mass is 9.88. The normalized spacial score (nSPS) is 11.4. The maximum absolute atomic E-state index is 10.3. The van der Waals surface area contributed by atoms with Gasteiger partial charge in [-0.05, 0) is 72.6 Å². The van der Waals surface area contributed by atoms with Gasteiger partial charge in [-0.1, -0.05) is 61.5 Å². The molecule has 0 saturated heterocycles. The first kappa shape index (κ1) is 36.6.